The van der Waals surface area contributed by atoms with Gasteiger partial charge in [-0.15, -0.1) is 0 Å². The summed E-state index contributed by atoms with van der Waals surface area (Å²) in [5.41, 5.74) is 5.89. The zero-order valence-electron chi connectivity index (χ0n) is 12.1. The molecule has 116 valence electrons. The summed E-state index contributed by atoms with van der Waals surface area (Å²) in [5.74, 6) is -0.110. The van der Waals surface area contributed by atoms with Crippen LogP contribution in [0.25, 0.3) is 0 Å². The van der Waals surface area contributed by atoms with Gasteiger partial charge < -0.3 is 10.5 Å². The Morgan fingerprint density at radius 1 is 1.29 bits per heavy atom. The SMILES string of the molecule is Nc1ccc(S(=O)CC2CCC3(CCCCC3)O2)c(F)c1. The highest BCUT2D eigenvalue weighted by atomic mass is 32.2. The fraction of sp³-hybridized carbons (Fsp3) is 0.625. The first-order valence-corrected chi connectivity index (χ1v) is 9.01. The number of nitrogens with two attached hydrogens (primary N) is 1. The van der Waals surface area contributed by atoms with Crippen LogP contribution in [0.5, 0.6) is 0 Å². The lowest BCUT2D eigenvalue weighted by Gasteiger charge is -2.33. The standard InChI is InChI=1S/C16H22FNO2S/c17-14-10-12(18)4-5-15(14)21(19)11-13-6-9-16(20-13)7-2-1-3-8-16/h4-5,10,13H,1-3,6-9,11,18H2. The third-order valence-corrected chi connectivity index (χ3v) is 6.14. The number of ether oxygens (including phenoxy) is 1. The highest BCUT2D eigenvalue weighted by Crippen LogP contribution is 2.42. The van der Waals surface area contributed by atoms with Gasteiger partial charge in [0.1, 0.15) is 5.82 Å². The molecular weight excluding hydrogens is 289 g/mol. The van der Waals surface area contributed by atoms with Crippen LogP contribution in [0.15, 0.2) is 23.1 Å². The van der Waals surface area contributed by atoms with Gasteiger partial charge in [0.15, 0.2) is 0 Å². The van der Waals surface area contributed by atoms with Crippen LogP contribution in [-0.2, 0) is 15.5 Å². The Labute approximate surface area is 127 Å². The molecular formula is C16H22FNO2S. The lowest BCUT2D eigenvalue weighted by molar-refractivity contribution is -0.0557. The largest absolute Gasteiger partial charge is 0.399 e. The molecule has 1 spiro atoms. The van der Waals surface area contributed by atoms with Crippen molar-refractivity contribution in [2.75, 3.05) is 11.5 Å². The number of halogens is 1. The van der Waals surface area contributed by atoms with Crippen LogP contribution >= 0.6 is 0 Å². The predicted octanol–water partition coefficient (Wildman–Crippen LogP) is 3.40. The smallest absolute Gasteiger partial charge is 0.141 e. The minimum atomic E-state index is -1.37. The maximum Gasteiger partial charge on any atom is 0.141 e. The zero-order valence-corrected chi connectivity index (χ0v) is 13.0. The van der Waals surface area contributed by atoms with Crippen molar-refractivity contribution in [3.05, 3.63) is 24.0 Å². The first-order chi connectivity index (χ1) is 10.1. The van der Waals surface area contributed by atoms with E-state index in [0.29, 0.717) is 11.4 Å². The Hall–Kier alpha value is -0.940. The molecule has 1 aromatic rings. The Morgan fingerprint density at radius 2 is 2.05 bits per heavy atom. The number of rotatable bonds is 3. The molecule has 1 saturated heterocycles. The molecule has 2 unspecified atom stereocenters. The Bertz CT molecular complexity index is 543. The average molecular weight is 311 g/mol. The van der Waals surface area contributed by atoms with Crippen molar-refractivity contribution < 1.29 is 13.3 Å². The molecule has 2 aliphatic rings. The predicted molar refractivity (Wildman–Crippen MR) is 82.0 cm³/mol. The van der Waals surface area contributed by atoms with Gasteiger partial charge in [0.05, 0.1) is 33.2 Å². The molecule has 1 aliphatic carbocycles. The van der Waals surface area contributed by atoms with E-state index in [1.165, 1.54) is 31.4 Å². The van der Waals surface area contributed by atoms with Crippen molar-refractivity contribution in [2.45, 2.75) is 61.5 Å². The first-order valence-electron chi connectivity index (χ1n) is 7.69. The van der Waals surface area contributed by atoms with E-state index in [9.17, 15) is 8.60 Å². The molecule has 3 nitrogen and oxygen atoms in total. The Morgan fingerprint density at radius 3 is 2.76 bits per heavy atom. The van der Waals surface area contributed by atoms with Gasteiger partial charge in [-0.05, 0) is 43.9 Å². The molecule has 1 aliphatic heterocycles. The van der Waals surface area contributed by atoms with Crippen LogP contribution in [0.4, 0.5) is 10.1 Å². The van der Waals surface area contributed by atoms with E-state index >= 15 is 0 Å². The van der Waals surface area contributed by atoms with Gasteiger partial charge in [-0.3, -0.25) is 4.21 Å². The maximum atomic E-state index is 13.8. The van der Waals surface area contributed by atoms with Crippen LogP contribution < -0.4 is 5.73 Å². The normalized spacial score (nSPS) is 26.0. The maximum absolute atomic E-state index is 13.8. The van der Waals surface area contributed by atoms with Crippen molar-refractivity contribution in [2.24, 2.45) is 0 Å². The van der Waals surface area contributed by atoms with Crippen LogP contribution in [0.2, 0.25) is 0 Å². The van der Waals surface area contributed by atoms with Crippen LogP contribution in [0.1, 0.15) is 44.9 Å². The van der Waals surface area contributed by atoms with E-state index in [1.807, 2.05) is 0 Å². The van der Waals surface area contributed by atoms with Gasteiger partial charge in [0.2, 0.25) is 0 Å². The average Bonchev–Trinajstić information content (AvgIpc) is 2.82. The summed E-state index contributed by atoms with van der Waals surface area (Å²) >= 11 is 0. The molecule has 2 fully saturated rings. The highest BCUT2D eigenvalue weighted by Gasteiger charge is 2.41. The molecule has 1 heterocycles. The lowest BCUT2D eigenvalue weighted by atomic mass is 9.83. The molecule has 2 N–H and O–H groups in total. The van der Waals surface area contributed by atoms with E-state index < -0.39 is 16.6 Å². The number of hydrogen-bond acceptors (Lipinski definition) is 3. The molecule has 3 rings (SSSR count). The van der Waals surface area contributed by atoms with Gasteiger partial charge in [-0.1, -0.05) is 19.3 Å². The lowest BCUT2D eigenvalue weighted by Crippen LogP contribution is -2.32. The van der Waals surface area contributed by atoms with E-state index in [2.05, 4.69) is 0 Å². The summed E-state index contributed by atoms with van der Waals surface area (Å²) in [6, 6.07) is 4.34. The fourth-order valence-electron chi connectivity index (χ4n) is 3.54. The van der Waals surface area contributed by atoms with Crippen LogP contribution in [-0.4, -0.2) is 21.7 Å². The highest BCUT2D eigenvalue weighted by molar-refractivity contribution is 7.85. The topological polar surface area (TPSA) is 52.3 Å². The molecule has 0 amide bonds. The summed E-state index contributed by atoms with van der Waals surface area (Å²) in [7, 11) is -1.37. The third kappa shape index (κ3) is 3.29. The summed E-state index contributed by atoms with van der Waals surface area (Å²) in [4.78, 5) is 0.234. The fourth-order valence-corrected chi connectivity index (χ4v) is 4.79. The zero-order chi connectivity index (χ0) is 14.9. The minimum absolute atomic E-state index is 0.0131. The summed E-state index contributed by atoms with van der Waals surface area (Å²) in [6.45, 7) is 0. The minimum Gasteiger partial charge on any atom is -0.399 e. The molecule has 0 bridgehead atoms. The van der Waals surface area contributed by atoms with Crippen LogP contribution in [0.3, 0.4) is 0 Å². The molecule has 1 aromatic carbocycles. The van der Waals surface area contributed by atoms with Crippen molar-refractivity contribution >= 4 is 16.5 Å². The molecule has 0 radical (unpaired) electrons. The van der Waals surface area contributed by atoms with Crippen molar-refractivity contribution in [3.63, 3.8) is 0 Å². The second-order valence-corrected chi connectivity index (χ2v) is 7.69. The Balaban J connectivity index is 1.63. The van der Waals surface area contributed by atoms with Crippen molar-refractivity contribution in [3.8, 4) is 0 Å². The van der Waals surface area contributed by atoms with Gasteiger partial charge in [-0.25, -0.2) is 4.39 Å². The molecule has 0 aromatic heterocycles. The molecule has 2 atom stereocenters. The van der Waals surface area contributed by atoms with Crippen LogP contribution in [0, 0.1) is 5.82 Å². The van der Waals surface area contributed by atoms with E-state index in [4.69, 9.17) is 10.5 Å². The monoisotopic (exact) mass is 311 g/mol. The van der Waals surface area contributed by atoms with Crippen molar-refractivity contribution in [1.82, 2.24) is 0 Å². The third-order valence-electron chi connectivity index (χ3n) is 4.64. The van der Waals surface area contributed by atoms with E-state index in [1.54, 1.807) is 6.07 Å². The number of benzene rings is 1. The summed E-state index contributed by atoms with van der Waals surface area (Å²) in [5, 5.41) is 0. The second-order valence-electron chi connectivity index (χ2n) is 6.22. The van der Waals surface area contributed by atoms with Gasteiger partial charge in [0.25, 0.3) is 0 Å². The van der Waals surface area contributed by atoms with E-state index in [-0.39, 0.29) is 16.6 Å². The van der Waals surface area contributed by atoms with E-state index in [0.717, 1.165) is 25.7 Å². The van der Waals surface area contributed by atoms with Crippen molar-refractivity contribution in [1.29, 1.82) is 0 Å². The quantitative estimate of drug-likeness (QED) is 0.871. The molecule has 1 saturated carbocycles. The summed E-state index contributed by atoms with van der Waals surface area (Å²) < 4.78 is 32.4. The number of anilines is 1. The van der Waals surface area contributed by atoms with Gasteiger partial charge >= 0.3 is 0 Å². The van der Waals surface area contributed by atoms with Gasteiger partial charge in [-0.2, -0.15) is 0 Å². The Kier molecular flexibility index (Phi) is 4.31. The molecule has 5 heteroatoms. The first kappa shape index (κ1) is 15.0. The number of nitrogen functional groups attached to an aromatic ring is 1. The number of hydrogen-bond donors (Lipinski definition) is 1. The summed E-state index contributed by atoms with van der Waals surface area (Å²) in [6.07, 6.45) is 7.95. The van der Waals surface area contributed by atoms with Gasteiger partial charge in [0, 0.05) is 5.69 Å². The second kappa shape index (κ2) is 6.05. The molecule has 21 heavy (non-hydrogen) atoms.